The van der Waals surface area contributed by atoms with E-state index in [1.165, 1.54) is 6.42 Å². The average Bonchev–Trinajstić information content (AvgIpc) is 2.19. The Bertz CT molecular complexity index is 49.9. The van der Waals surface area contributed by atoms with Crippen molar-refractivity contribution in [1.82, 2.24) is 0 Å². The first-order valence-corrected chi connectivity index (χ1v) is 2.94. The molecule has 0 aromatic carbocycles. The van der Waals surface area contributed by atoms with Gasteiger partial charge in [-0.05, 0) is 18.3 Å². The summed E-state index contributed by atoms with van der Waals surface area (Å²) in [7, 11) is 0. The lowest BCUT2D eigenvalue weighted by molar-refractivity contribution is 0.841. The smallest absolute Gasteiger partial charge is 0.0254 e. The Labute approximate surface area is 43.5 Å². The molecular weight excluding hydrogens is 95.5 g/mol. The fraction of sp³-hybridized carbons (Fsp3) is 1.00. The minimum Gasteiger partial charge on any atom is -0.126 e. The second-order valence-electron chi connectivity index (χ2n) is 2.13. The molecule has 1 aliphatic carbocycles. The van der Waals surface area contributed by atoms with E-state index in [-0.39, 0.29) is 0 Å². The van der Waals surface area contributed by atoms with E-state index in [0.29, 0.717) is 0 Å². The van der Waals surface area contributed by atoms with Crippen LogP contribution in [0.3, 0.4) is 0 Å². The minimum atomic E-state index is 0.867. The van der Waals surface area contributed by atoms with Crippen LogP contribution in [0.2, 0.25) is 0 Å². The van der Waals surface area contributed by atoms with Crippen LogP contribution in [0.25, 0.3) is 0 Å². The molecule has 1 saturated carbocycles. The molecule has 0 radical (unpaired) electrons. The molecule has 6 heavy (non-hydrogen) atoms. The van der Waals surface area contributed by atoms with Crippen molar-refractivity contribution in [2.75, 3.05) is 5.88 Å². The van der Waals surface area contributed by atoms with Crippen LogP contribution in [0.5, 0.6) is 0 Å². The van der Waals surface area contributed by atoms with E-state index in [1.807, 2.05) is 0 Å². The second kappa shape index (κ2) is 1.42. The minimum absolute atomic E-state index is 0.867. The molecule has 0 saturated heterocycles. The Morgan fingerprint density at radius 3 is 2.33 bits per heavy atom. The van der Waals surface area contributed by atoms with Gasteiger partial charge in [-0.2, -0.15) is 0 Å². The lowest BCUT2D eigenvalue weighted by Gasteiger charge is -1.77. The summed E-state index contributed by atoms with van der Waals surface area (Å²) in [6.07, 6.45) is 1.36. The van der Waals surface area contributed by atoms with Gasteiger partial charge in [0.2, 0.25) is 0 Å². The lowest BCUT2D eigenvalue weighted by atomic mass is 10.4. The zero-order chi connectivity index (χ0) is 4.57. The average molecular weight is 105 g/mol. The standard InChI is InChI=1S/C5H9Cl/c1-4-2-5(4)3-6/h4-5H,2-3H2,1H3/t4-,5+/m1/s1. The van der Waals surface area contributed by atoms with Gasteiger partial charge in [0.25, 0.3) is 0 Å². The van der Waals surface area contributed by atoms with Gasteiger partial charge in [0.05, 0.1) is 0 Å². The predicted octanol–water partition coefficient (Wildman–Crippen LogP) is 1.88. The molecule has 0 spiro atoms. The van der Waals surface area contributed by atoms with Crippen molar-refractivity contribution in [3.63, 3.8) is 0 Å². The summed E-state index contributed by atoms with van der Waals surface area (Å²) in [5.41, 5.74) is 0. The summed E-state index contributed by atoms with van der Waals surface area (Å²) in [6.45, 7) is 2.24. The highest BCUT2D eigenvalue weighted by Gasteiger charge is 2.30. The third-order valence-corrected chi connectivity index (χ3v) is 1.87. The Hall–Kier alpha value is 0.290. The first kappa shape index (κ1) is 4.45. The van der Waals surface area contributed by atoms with Gasteiger partial charge < -0.3 is 0 Å². The van der Waals surface area contributed by atoms with Gasteiger partial charge >= 0.3 is 0 Å². The molecule has 0 bridgehead atoms. The zero-order valence-corrected chi connectivity index (χ0v) is 4.70. The maximum atomic E-state index is 5.49. The van der Waals surface area contributed by atoms with E-state index < -0.39 is 0 Å². The number of hydrogen-bond donors (Lipinski definition) is 0. The summed E-state index contributed by atoms with van der Waals surface area (Å²) >= 11 is 5.49. The van der Waals surface area contributed by atoms with Crippen molar-refractivity contribution >= 4 is 11.6 Å². The summed E-state index contributed by atoms with van der Waals surface area (Å²) in [6, 6.07) is 0. The molecule has 0 N–H and O–H groups in total. The fourth-order valence-electron chi connectivity index (χ4n) is 0.614. The SMILES string of the molecule is C[C@@H]1C[C@H]1CCl. The third kappa shape index (κ3) is 0.676. The van der Waals surface area contributed by atoms with Gasteiger partial charge in [-0.3, -0.25) is 0 Å². The molecule has 0 aromatic rings. The van der Waals surface area contributed by atoms with Crippen LogP contribution < -0.4 is 0 Å². The van der Waals surface area contributed by atoms with E-state index in [4.69, 9.17) is 11.6 Å². The van der Waals surface area contributed by atoms with E-state index in [2.05, 4.69) is 6.92 Å². The quantitative estimate of drug-likeness (QED) is 0.446. The molecule has 0 nitrogen and oxygen atoms in total. The first-order valence-electron chi connectivity index (χ1n) is 2.40. The van der Waals surface area contributed by atoms with Crippen LogP contribution in [0.1, 0.15) is 13.3 Å². The van der Waals surface area contributed by atoms with E-state index in [0.717, 1.165) is 17.7 Å². The Kier molecular flexibility index (Phi) is 1.05. The van der Waals surface area contributed by atoms with Crippen molar-refractivity contribution in [2.24, 2.45) is 11.8 Å². The highest BCUT2D eigenvalue weighted by Crippen LogP contribution is 2.38. The Morgan fingerprint density at radius 2 is 2.33 bits per heavy atom. The normalized spacial score (nSPS) is 43.0. The summed E-state index contributed by atoms with van der Waals surface area (Å²) in [4.78, 5) is 0. The van der Waals surface area contributed by atoms with Crippen molar-refractivity contribution < 1.29 is 0 Å². The molecule has 0 unspecified atom stereocenters. The second-order valence-corrected chi connectivity index (χ2v) is 2.44. The number of halogens is 1. The van der Waals surface area contributed by atoms with Crippen molar-refractivity contribution in [3.05, 3.63) is 0 Å². The highest BCUT2D eigenvalue weighted by atomic mass is 35.5. The lowest BCUT2D eigenvalue weighted by Crippen LogP contribution is -1.74. The van der Waals surface area contributed by atoms with Gasteiger partial charge in [0.15, 0.2) is 0 Å². The Morgan fingerprint density at radius 1 is 1.83 bits per heavy atom. The van der Waals surface area contributed by atoms with Gasteiger partial charge in [0, 0.05) is 5.88 Å². The first-order chi connectivity index (χ1) is 2.84. The van der Waals surface area contributed by atoms with E-state index in [9.17, 15) is 0 Å². The monoisotopic (exact) mass is 104 g/mol. The molecule has 2 atom stereocenters. The number of alkyl halides is 1. The largest absolute Gasteiger partial charge is 0.126 e. The van der Waals surface area contributed by atoms with Crippen LogP contribution in [-0.2, 0) is 0 Å². The van der Waals surface area contributed by atoms with Gasteiger partial charge in [0.1, 0.15) is 0 Å². The van der Waals surface area contributed by atoms with E-state index in [1.54, 1.807) is 0 Å². The highest BCUT2D eigenvalue weighted by molar-refractivity contribution is 6.18. The molecule has 36 valence electrons. The zero-order valence-electron chi connectivity index (χ0n) is 3.95. The molecule has 0 aliphatic heterocycles. The van der Waals surface area contributed by atoms with Crippen LogP contribution in [0.4, 0.5) is 0 Å². The molecule has 0 heterocycles. The molecule has 1 heteroatoms. The molecule has 0 amide bonds. The van der Waals surface area contributed by atoms with Gasteiger partial charge in [-0.1, -0.05) is 6.92 Å². The van der Waals surface area contributed by atoms with E-state index >= 15 is 0 Å². The summed E-state index contributed by atoms with van der Waals surface area (Å²) < 4.78 is 0. The van der Waals surface area contributed by atoms with Crippen molar-refractivity contribution in [2.45, 2.75) is 13.3 Å². The Balaban J connectivity index is 2.09. The van der Waals surface area contributed by atoms with Crippen LogP contribution in [0, 0.1) is 11.8 Å². The maximum Gasteiger partial charge on any atom is 0.0254 e. The van der Waals surface area contributed by atoms with Crippen LogP contribution in [-0.4, -0.2) is 5.88 Å². The van der Waals surface area contributed by atoms with Gasteiger partial charge in [-0.25, -0.2) is 0 Å². The molecular formula is C5H9Cl. The topological polar surface area (TPSA) is 0 Å². The third-order valence-electron chi connectivity index (χ3n) is 1.47. The molecule has 1 fully saturated rings. The number of rotatable bonds is 1. The summed E-state index contributed by atoms with van der Waals surface area (Å²) in [5.74, 6) is 2.68. The maximum absolute atomic E-state index is 5.49. The predicted molar refractivity (Wildman–Crippen MR) is 28.0 cm³/mol. The fourth-order valence-corrected chi connectivity index (χ4v) is 1.04. The van der Waals surface area contributed by atoms with Crippen molar-refractivity contribution in [1.29, 1.82) is 0 Å². The number of hydrogen-bond acceptors (Lipinski definition) is 0. The van der Waals surface area contributed by atoms with Crippen LogP contribution in [0.15, 0.2) is 0 Å². The molecule has 1 aliphatic rings. The van der Waals surface area contributed by atoms with Gasteiger partial charge in [-0.15, -0.1) is 11.6 Å². The van der Waals surface area contributed by atoms with Crippen molar-refractivity contribution in [3.8, 4) is 0 Å². The molecule has 1 rings (SSSR count). The molecule has 0 aromatic heterocycles. The van der Waals surface area contributed by atoms with Crippen LogP contribution >= 0.6 is 11.6 Å². The summed E-state index contributed by atoms with van der Waals surface area (Å²) in [5, 5.41) is 0.